The summed E-state index contributed by atoms with van der Waals surface area (Å²) in [5, 5.41) is 11.0. The van der Waals surface area contributed by atoms with Crippen LogP contribution >= 0.6 is 0 Å². The number of aliphatic imine (C=N–C) groups is 2. The van der Waals surface area contributed by atoms with Crippen LogP contribution < -0.4 is 5.73 Å². The number of nitro benzene ring substituents is 1. The van der Waals surface area contributed by atoms with E-state index in [9.17, 15) is 10.1 Å². The molecule has 0 saturated carbocycles. The van der Waals surface area contributed by atoms with Gasteiger partial charge in [0.05, 0.1) is 4.92 Å². The van der Waals surface area contributed by atoms with Gasteiger partial charge in [-0.05, 0) is 29.2 Å². The van der Waals surface area contributed by atoms with E-state index in [0.29, 0.717) is 5.96 Å². The first-order chi connectivity index (χ1) is 12.1. The van der Waals surface area contributed by atoms with Crippen LogP contribution in [-0.4, -0.2) is 34.7 Å². The number of hydrogen-bond acceptors (Lipinski definition) is 6. The molecule has 2 aromatic rings. The molecule has 25 heavy (non-hydrogen) atoms. The highest BCUT2D eigenvalue weighted by molar-refractivity contribution is 6.07. The van der Waals surface area contributed by atoms with Gasteiger partial charge in [-0.1, -0.05) is 30.3 Å². The standard InChI is InChI=1S/C18H17N5O2/c19-18-21-16(17-20-8-3-9-22(17)18)14-6-1-4-12(10-14)13-5-2-7-15(11-13)23(24)25/h1-2,4-7,10-11,16H,3,8-9H2,(H2,19,21). The van der Waals surface area contributed by atoms with Gasteiger partial charge in [0.2, 0.25) is 0 Å². The summed E-state index contributed by atoms with van der Waals surface area (Å²) in [7, 11) is 0. The van der Waals surface area contributed by atoms with Crippen molar-refractivity contribution in [3.05, 3.63) is 64.2 Å². The molecule has 7 heteroatoms. The third-order valence-electron chi connectivity index (χ3n) is 4.47. The number of benzene rings is 2. The third-order valence-corrected chi connectivity index (χ3v) is 4.47. The minimum absolute atomic E-state index is 0.0777. The molecule has 0 radical (unpaired) electrons. The zero-order valence-corrected chi connectivity index (χ0v) is 13.5. The van der Waals surface area contributed by atoms with Gasteiger partial charge in [-0.2, -0.15) is 0 Å². The zero-order chi connectivity index (χ0) is 17.4. The Hall–Kier alpha value is -3.22. The molecule has 0 spiro atoms. The predicted octanol–water partition coefficient (Wildman–Crippen LogP) is 2.74. The Kier molecular flexibility index (Phi) is 3.68. The van der Waals surface area contributed by atoms with Gasteiger partial charge in [-0.3, -0.25) is 20.0 Å². The van der Waals surface area contributed by atoms with Gasteiger partial charge in [0, 0.05) is 25.2 Å². The second-order valence-electron chi connectivity index (χ2n) is 6.07. The highest BCUT2D eigenvalue weighted by atomic mass is 16.6. The number of fused-ring (bicyclic) bond motifs is 1. The maximum absolute atomic E-state index is 11.0. The molecule has 0 aliphatic carbocycles. The van der Waals surface area contributed by atoms with Gasteiger partial charge in [-0.25, -0.2) is 4.99 Å². The largest absolute Gasteiger partial charge is 0.369 e. The average Bonchev–Trinajstić information content (AvgIpc) is 2.99. The Morgan fingerprint density at radius 2 is 1.92 bits per heavy atom. The highest BCUT2D eigenvalue weighted by Gasteiger charge is 2.33. The quantitative estimate of drug-likeness (QED) is 0.689. The van der Waals surface area contributed by atoms with Crippen molar-refractivity contribution in [3.8, 4) is 11.1 Å². The van der Waals surface area contributed by atoms with E-state index in [0.717, 1.165) is 42.0 Å². The first kappa shape index (κ1) is 15.3. The van der Waals surface area contributed by atoms with Crippen LogP contribution in [0.25, 0.3) is 11.1 Å². The molecule has 2 aliphatic heterocycles. The number of guanidine groups is 1. The van der Waals surface area contributed by atoms with E-state index in [1.165, 1.54) is 6.07 Å². The molecule has 1 unspecified atom stereocenters. The van der Waals surface area contributed by atoms with E-state index in [-0.39, 0.29) is 16.7 Å². The van der Waals surface area contributed by atoms with Crippen molar-refractivity contribution in [2.24, 2.45) is 15.7 Å². The molecule has 1 atom stereocenters. The summed E-state index contributed by atoms with van der Waals surface area (Å²) in [5.74, 6) is 1.39. The number of hydrogen-bond donors (Lipinski definition) is 1. The summed E-state index contributed by atoms with van der Waals surface area (Å²) < 4.78 is 0. The lowest BCUT2D eigenvalue weighted by Crippen LogP contribution is -2.41. The summed E-state index contributed by atoms with van der Waals surface area (Å²) in [4.78, 5) is 21.8. The van der Waals surface area contributed by atoms with Crippen molar-refractivity contribution in [1.82, 2.24) is 4.90 Å². The second-order valence-corrected chi connectivity index (χ2v) is 6.07. The maximum Gasteiger partial charge on any atom is 0.270 e. The van der Waals surface area contributed by atoms with Gasteiger partial charge in [-0.15, -0.1) is 0 Å². The molecule has 2 aromatic carbocycles. The first-order valence-corrected chi connectivity index (χ1v) is 8.13. The molecule has 7 nitrogen and oxygen atoms in total. The SMILES string of the molecule is NC1=NC(c2cccc(-c3cccc([N+](=O)[O-])c3)c2)C2=NCCCN12. The number of non-ortho nitro benzene ring substituents is 1. The van der Waals surface area contributed by atoms with Crippen LogP contribution in [0.2, 0.25) is 0 Å². The average molecular weight is 335 g/mol. The van der Waals surface area contributed by atoms with Crippen molar-refractivity contribution < 1.29 is 4.92 Å². The monoisotopic (exact) mass is 335 g/mol. The fourth-order valence-corrected chi connectivity index (χ4v) is 3.26. The molecule has 2 heterocycles. The Balaban J connectivity index is 1.72. The number of nitro groups is 1. The summed E-state index contributed by atoms with van der Waals surface area (Å²) >= 11 is 0. The molecular formula is C18H17N5O2. The van der Waals surface area contributed by atoms with Gasteiger partial charge in [0.25, 0.3) is 5.69 Å². The first-order valence-electron chi connectivity index (χ1n) is 8.13. The zero-order valence-electron chi connectivity index (χ0n) is 13.5. The van der Waals surface area contributed by atoms with E-state index in [2.05, 4.69) is 9.98 Å². The molecule has 2 aliphatic rings. The molecule has 0 bridgehead atoms. The smallest absolute Gasteiger partial charge is 0.270 e. The molecule has 4 rings (SSSR count). The summed E-state index contributed by atoms with van der Waals surface area (Å²) in [5.41, 5.74) is 8.81. The minimum atomic E-state index is -0.385. The summed E-state index contributed by atoms with van der Waals surface area (Å²) in [6.45, 7) is 1.63. The molecule has 0 amide bonds. The number of nitrogens with two attached hydrogens (primary N) is 1. The lowest BCUT2D eigenvalue weighted by Gasteiger charge is -2.24. The van der Waals surface area contributed by atoms with E-state index in [4.69, 9.17) is 5.73 Å². The fourth-order valence-electron chi connectivity index (χ4n) is 3.26. The van der Waals surface area contributed by atoms with Crippen molar-refractivity contribution in [2.45, 2.75) is 12.5 Å². The van der Waals surface area contributed by atoms with Crippen LogP contribution in [-0.2, 0) is 0 Å². The van der Waals surface area contributed by atoms with E-state index >= 15 is 0 Å². The summed E-state index contributed by atoms with van der Waals surface area (Å²) in [6, 6.07) is 14.3. The minimum Gasteiger partial charge on any atom is -0.369 e. The van der Waals surface area contributed by atoms with Crippen LogP contribution in [0.5, 0.6) is 0 Å². The lowest BCUT2D eigenvalue weighted by molar-refractivity contribution is -0.384. The maximum atomic E-state index is 11.0. The van der Waals surface area contributed by atoms with Crippen LogP contribution in [0.4, 0.5) is 5.69 Å². The molecular weight excluding hydrogens is 318 g/mol. The topological polar surface area (TPSA) is 97.1 Å². The van der Waals surface area contributed by atoms with Gasteiger partial charge in [0.1, 0.15) is 11.9 Å². The van der Waals surface area contributed by atoms with E-state index in [1.807, 2.05) is 35.2 Å². The van der Waals surface area contributed by atoms with Crippen molar-refractivity contribution in [1.29, 1.82) is 0 Å². The normalized spacial score (nSPS) is 19.2. The van der Waals surface area contributed by atoms with E-state index in [1.54, 1.807) is 12.1 Å². The van der Waals surface area contributed by atoms with Gasteiger partial charge < -0.3 is 5.73 Å². The third kappa shape index (κ3) is 2.73. The van der Waals surface area contributed by atoms with Crippen molar-refractivity contribution >= 4 is 17.5 Å². The van der Waals surface area contributed by atoms with E-state index < -0.39 is 0 Å². The number of nitrogens with zero attached hydrogens (tertiary/aromatic N) is 4. The molecule has 126 valence electrons. The predicted molar refractivity (Wildman–Crippen MR) is 96.5 cm³/mol. The Bertz CT molecular complexity index is 906. The summed E-state index contributed by atoms with van der Waals surface area (Å²) in [6.07, 6.45) is 0.972. The lowest BCUT2D eigenvalue weighted by atomic mass is 9.98. The van der Waals surface area contributed by atoms with Crippen LogP contribution in [0, 0.1) is 10.1 Å². The van der Waals surface area contributed by atoms with Gasteiger partial charge >= 0.3 is 0 Å². The molecule has 2 N–H and O–H groups in total. The molecule has 0 aromatic heterocycles. The second kappa shape index (κ2) is 6.01. The fraction of sp³-hybridized carbons (Fsp3) is 0.222. The number of amidine groups is 1. The van der Waals surface area contributed by atoms with Crippen molar-refractivity contribution in [2.75, 3.05) is 13.1 Å². The Labute approximate surface area is 144 Å². The molecule has 0 fully saturated rings. The Morgan fingerprint density at radius 3 is 2.72 bits per heavy atom. The van der Waals surface area contributed by atoms with Crippen molar-refractivity contribution in [3.63, 3.8) is 0 Å². The number of rotatable bonds is 3. The van der Waals surface area contributed by atoms with Crippen LogP contribution in [0.15, 0.2) is 58.5 Å². The highest BCUT2D eigenvalue weighted by Crippen LogP contribution is 2.32. The molecule has 0 saturated heterocycles. The van der Waals surface area contributed by atoms with Gasteiger partial charge in [0.15, 0.2) is 5.96 Å². The Morgan fingerprint density at radius 1 is 1.16 bits per heavy atom. The van der Waals surface area contributed by atoms with Crippen LogP contribution in [0.3, 0.4) is 0 Å². The van der Waals surface area contributed by atoms with Crippen LogP contribution in [0.1, 0.15) is 18.0 Å².